The largest absolute Gasteiger partial charge is 0.496 e. The smallest absolute Gasteiger partial charge is 0.122 e. The quantitative estimate of drug-likeness (QED) is 0.869. The van der Waals surface area contributed by atoms with Crippen LogP contribution in [-0.2, 0) is 13.0 Å². The fraction of sp³-hybridized carbons (Fsp3) is 0.357. The number of thiazole rings is 1. The number of hydrogen-bond acceptors (Lipinski definition) is 4. The van der Waals surface area contributed by atoms with Gasteiger partial charge in [0.2, 0.25) is 0 Å². The van der Waals surface area contributed by atoms with Gasteiger partial charge in [0.1, 0.15) is 5.75 Å². The van der Waals surface area contributed by atoms with E-state index in [0.717, 1.165) is 18.7 Å². The molecule has 1 aromatic carbocycles. The third-order valence-corrected chi connectivity index (χ3v) is 3.61. The Hall–Kier alpha value is -1.39. The molecule has 0 saturated heterocycles. The average Bonchev–Trinajstić information content (AvgIpc) is 2.90. The molecule has 1 atom stereocenters. The van der Waals surface area contributed by atoms with Gasteiger partial charge in [-0.1, -0.05) is 18.2 Å². The number of benzene rings is 1. The highest BCUT2D eigenvalue weighted by molar-refractivity contribution is 7.09. The molecule has 0 fully saturated rings. The highest BCUT2D eigenvalue weighted by Crippen LogP contribution is 2.19. The molecule has 4 heteroatoms. The first-order chi connectivity index (χ1) is 8.79. The molecule has 1 heterocycles. The minimum absolute atomic E-state index is 0.406. The van der Waals surface area contributed by atoms with Crippen molar-refractivity contribution >= 4 is 11.3 Å². The van der Waals surface area contributed by atoms with E-state index in [1.807, 2.05) is 29.9 Å². The van der Waals surface area contributed by atoms with Crippen molar-refractivity contribution in [2.45, 2.75) is 25.9 Å². The van der Waals surface area contributed by atoms with E-state index in [0.29, 0.717) is 6.04 Å². The molecule has 18 heavy (non-hydrogen) atoms. The molecule has 0 spiro atoms. The van der Waals surface area contributed by atoms with E-state index >= 15 is 0 Å². The molecule has 3 nitrogen and oxygen atoms in total. The number of nitrogens with zero attached hydrogens (tertiary/aromatic N) is 1. The van der Waals surface area contributed by atoms with Crippen LogP contribution in [0.4, 0.5) is 0 Å². The molecule has 2 aromatic rings. The van der Waals surface area contributed by atoms with E-state index in [1.54, 1.807) is 18.4 Å². The van der Waals surface area contributed by atoms with Crippen molar-refractivity contribution in [1.82, 2.24) is 10.3 Å². The molecular weight excluding hydrogens is 244 g/mol. The molecule has 0 bridgehead atoms. The van der Waals surface area contributed by atoms with Crippen molar-refractivity contribution in [3.63, 3.8) is 0 Å². The Kier molecular flexibility index (Phi) is 4.73. The Labute approximate surface area is 112 Å². The van der Waals surface area contributed by atoms with Crippen LogP contribution in [0.1, 0.15) is 17.4 Å². The Morgan fingerprint density at radius 2 is 2.22 bits per heavy atom. The van der Waals surface area contributed by atoms with Crippen LogP contribution < -0.4 is 10.1 Å². The highest BCUT2D eigenvalue weighted by atomic mass is 32.1. The van der Waals surface area contributed by atoms with Crippen LogP contribution in [0.15, 0.2) is 36.0 Å². The molecule has 96 valence electrons. The Morgan fingerprint density at radius 3 is 2.94 bits per heavy atom. The van der Waals surface area contributed by atoms with E-state index < -0.39 is 0 Å². The number of nitrogens with one attached hydrogen (secondary N) is 1. The van der Waals surface area contributed by atoms with Gasteiger partial charge in [-0.2, -0.15) is 0 Å². The van der Waals surface area contributed by atoms with E-state index in [2.05, 4.69) is 23.3 Å². The maximum Gasteiger partial charge on any atom is 0.122 e. The van der Waals surface area contributed by atoms with E-state index in [4.69, 9.17) is 4.74 Å². The number of ether oxygens (including phenoxy) is 1. The fourth-order valence-corrected chi connectivity index (χ4v) is 2.42. The van der Waals surface area contributed by atoms with Crippen LogP contribution >= 0.6 is 11.3 Å². The van der Waals surface area contributed by atoms with Gasteiger partial charge in [0, 0.05) is 23.7 Å². The van der Waals surface area contributed by atoms with Crippen LogP contribution in [0, 0.1) is 0 Å². The Morgan fingerprint density at radius 1 is 1.39 bits per heavy atom. The molecule has 2 rings (SSSR count). The third-order valence-electron chi connectivity index (χ3n) is 2.83. The summed E-state index contributed by atoms with van der Waals surface area (Å²) in [6, 6.07) is 8.57. The van der Waals surface area contributed by atoms with Gasteiger partial charge in [-0.25, -0.2) is 0 Å². The highest BCUT2D eigenvalue weighted by Gasteiger charge is 2.07. The standard InChI is InChI=1S/C14H18N2OS/c1-11(16-9-13-8-15-10-18-13)7-12-5-3-4-6-14(12)17-2/h3-6,8,10-11,16H,7,9H2,1-2H3. The number of para-hydroxylation sites is 1. The van der Waals surface area contributed by atoms with Crippen molar-refractivity contribution in [2.75, 3.05) is 7.11 Å². The minimum Gasteiger partial charge on any atom is -0.496 e. The summed E-state index contributed by atoms with van der Waals surface area (Å²) in [6.07, 6.45) is 2.87. The molecule has 1 N–H and O–H groups in total. The molecule has 0 aliphatic heterocycles. The second-order valence-electron chi connectivity index (χ2n) is 4.27. The monoisotopic (exact) mass is 262 g/mol. The molecular formula is C14H18N2OS. The summed E-state index contributed by atoms with van der Waals surface area (Å²) in [4.78, 5) is 5.34. The minimum atomic E-state index is 0.406. The first-order valence-corrected chi connectivity index (χ1v) is 6.90. The SMILES string of the molecule is COc1ccccc1CC(C)NCc1cncs1. The summed E-state index contributed by atoms with van der Waals surface area (Å²) >= 11 is 1.68. The maximum atomic E-state index is 5.36. The molecule has 0 amide bonds. The van der Waals surface area contributed by atoms with Gasteiger partial charge in [-0.05, 0) is 25.0 Å². The zero-order valence-electron chi connectivity index (χ0n) is 10.7. The van der Waals surface area contributed by atoms with Crippen LogP contribution in [0.5, 0.6) is 5.75 Å². The number of rotatable bonds is 6. The van der Waals surface area contributed by atoms with Crippen molar-refractivity contribution < 1.29 is 4.74 Å². The molecule has 0 saturated carbocycles. The van der Waals surface area contributed by atoms with E-state index in [1.165, 1.54) is 10.4 Å². The summed E-state index contributed by atoms with van der Waals surface area (Å²) in [5.41, 5.74) is 3.10. The first kappa shape index (κ1) is 13.1. The molecule has 1 unspecified atom stereocenters. The van der Waals surface area contributed by atoms with Gasteiger partial charge >= 0.3 is 0 Å². The molecule has 0 radical (unpaired) electrons. The lowest BCUT2D eigenvalue weighted by atomic mass is 10.1. The van der Waals surface area contributed by atoms with Gasteiger partial charge in [-0.3, -0.25) is 4.98 Å². The zero-order valence-corrected chi connectivity index (χ0v) is 11.5. The zero-order chi connectivity index (χ0) is 12.8. The molecule has 1 aromatic heterocycles. The lowest BCUT2D eigenvalue weighted by molar-refractivity contribution is 0.406. The van der Waals surface area contributed by atoms with Gasteiger partial charge < -0.3 is 10.1 Å². The van der Waals surface area contributed by atoms with Crippen LogP contribution in [-0.4, -0.2) is 18.1 Å². The van der Waals surface area contributed by atoms with Crippen molar-refractivity contribution in [3.8, 4) is 5.75 Å². The second-order valence-corrected chi connectivity index (χ2v) is 5.24. The van der Waals surface area contributed by atoms with Crippen molar-refractivity contribution in [3.05, 3.63) is 46.4 Å². The fourth-order valence-electron chi connectivity index (χ4n) is 1.88. The average molecular weight is 262 g/mol. The van der Waals surface area contributed by atoms with Crippen LogP contribution in [0.25, 0.3) is 0 Å². The van der Waals surface area contributed by atoms with Gasteiger partial charge in [0.25, 0.3) is 0 Å². The third kappa shape index (κ3) is 3.55. The van der Waals surface area contributed by atoms with Gasteiger partial charge in [0.05, 0.1) is 12.6 Å². The Balaban J connectivity index is 1.88. The molecule has 0 aliphatic rings. The summed E-state index contributed by atoms with van der Waals surface area (Å²) in [7, 11) is 1.72. The lowest BCUT2D eigenvalue weighted by Crippen LogP contribution is -2.27. The maximum absolute atomic E-state index is 5.36. The number of aromatic nitrogens is 1. The first-order valence-electron chi connectivity index (χ1n) is 6.02. The summed E-state index contributed by atoms with van der Waals surface area (Å²) in [5.74, 6) is 0.962. The summed E-state index contributed by atoms with van der Waals surface area (Å²) in [5, 5.41) is 3.50. The number of methoxy groups -OCH3 is 1. The second kappa shape index (κ2) is 6.52. The topological polar surface area (TPSA) is 34.1 Å². The van der Waals surface area contributed by atoms with E-state index in [9.17, 15) is 0 Å². The summed E-state index contributed by atoms with van der Waals surface area (Å²) in [6.45, 7) is 3.06. The van der Waals surface area contributed by atoms with E-state index in [-0.39, 0.29) is 0 Å². The molecule has 0 aliphatic carbocycles. The van der Waals surface area contributed by atoms with Crippen LogP contribution in [0.2, 0.25) is 0 Å². The predicted octanol–water partition coefficient (Wildman–Crippen LogP) is 2.87. The predicted molar refractivity (Wildman–Crippen MR) is 75.1 cm³/mol. The lowest BCUT2D eigenvalue weighted by Gasteiger charge is -2.15. The summed E-state index contributed by atoms with van der Waals surface area (Å²) < 4.78 is 5.36. The van der Waals surface area contributed by atoms with Crippen LogP contribution in [0.3, 0.4) is 0 Å². The Bertz CT molecular complexity index is 470. The van der Waals surface area contributed by atoms with Gasteiger partial charge in [0.15, 0.2) is 0 Å². The normalized spacial score (nSPS) is 12.3. The van der Waals surface area contributed by atoms with Crippen molar-refractivity contribution in [2.24, 2.45) is 0 Å². The number of hydrogen-bond donors (Lipinski definition) is 1. The van der Waals surface area contributed by atoms with Gasteiger partial charge in [-0.15, -0.1) is 11.3 Å². The van der Waals surface area contributed by atoms with Crippen molar-refractivity contribution in [1.29, 1.82) is 0 Å².